The average Bonchev–Trinajstić information content (AvgIpc) is 3.93. The van der Waals surface area contributed by atoms with E-state index in [0.29, 0.717) is 0 Å². The molecule has 0 unspecified atom stereocenters. The van der Waals surface area contributed by atoms with Crippen LogP contribution in [0, 0.1) is 0 Å². The standard InChI is InChI=1S/C60H39NO2/c1-3-11-40(12-4-1)47-35-48(41-13-5-2-6-14-41)37-49(36-47)44-23-31-52(32-24-44)61(50-27-19-42(20-28-50)45-25-33-59-55(38-45)53-15-7-9-17-57(53)62-59)51-29-21-43(22-30-51)46-26-34-60-56(39-46)54-16-8-10-18-58(54)63-60/h1-39H. The number of para-hydroxylation sites is 2. The molecule has 0 aliphatic heterocycles. The van der Waals surface area contributed by atoms with Gasteiger partial charge in [0, 0.05) is 38.6 Å². The van der Waals surface area contributed by atoms with Crippen LogP contribution in [0.3, 0.4) is 0 Å². The molecule has 63 heavy (non-hydrogen) atoms. The molecule has 2 heterocycles. The van der Waals surface area contributed by atoms with Crippen molar-refractivity contribution in [1.29, 1.82) is 0 Å². The molecular formula is C60H39NO2. The van der Waals surface area contributed by atoms with Gasteiger partial charge in [-0.3, -0.25) is 0 Å². The van der Waals surface area contributed by atoms with Gasteiger partial charge in [0.25, 0.3) is 0 Å². The maximum Gasteiger partial charge on any atom is 0.135 e. The Morgan fingerprint density at radius 3 is 0.905 bits per heavy atom. The van der Waals surface area contributed by atoms with E-state index in [1.807, 2.05) is 24.3 Å². The molecule has 10 aromatic carbocycles. The first-order chi connectivity index (χ1) is 31.2. The number of benzene rings is 10. The summed E-state index contributed by atoms with van der Waals surface area (Å²) in [6, 6.07) is 84.4. The first kappa shape index (κ1) is 36.5. The van der Waals surface area contributed by atoms with Crippen LogP contribution in [0.2, 0.25) is 0 Å². The summed E-state index contributed by atoms with van der Waals surface area (Å²) >= 11 is 0. The quantitative estimate of drug-likeness (QED) is 0.153. The lowest BCUT2D eigenvalue weighted by molar-refractivity contribution is 0.668. The maximum atomic E-state index is 6.14. The minimum absolute atomic E-state index is 0.899. The van der Waals surface area contributed by atoms with Gasteiger partial charge in [-0.15, -0.1) is 0 Å². The van der Waals surface area contributed by atoms with Crippen LogP contribution in [0.15, 0.2) is 245 Å². The number of hydrogen-bond donors (Lipinski definition) is 0. The summed E-state index contributed by atoms with van der Waals surface area (Å²) in [4.78, 5) is 2.34. The number of rotatable bonds is 8. The third kappa shape index (κ3) is 6.73. The normalized spacial score (nSPS) is 11.5. The highest BCUT2D eigenvalue weighted by atomic mass is 16.3. The van der Waals surface area contributed by atoms with Crippen LogP contribution in [0.4, 0.5) is 17.1 Å². The van der Waals surface area contributed by atoms with Gasteiger partial charge in [-0.2, -0.15) is 0 Å². The van der Waals surface area contributed by atoms with E-state index in [4.69, 9.17) is 8.83 Å². The Balaban J connectivity index is 0.930. The summed E-state index contributed by atoms with van der Waals surface area (Å²) in [6.07, 6.45) is 0. The fourth-order valence-electron chi connectivity index (χ4n) is 9.06. The lowest BCUT2D eigenvalue weighted by Crippen LogP contribution is -2.09. The van der Waals surface area contributed by atoms with Crippen molar-refractivity contribution >= 4 is 60.9 Å². The highest BCUT2D eigenvalue weighted by Crippen LogP contribution is 2.41. The molecule has 3 nitrogen and oxygen atoms in total. The maximum absolute atomic E-state index is 6.14. The Bertz CT molecular complexity index is 3370. The number of furan rings is 2. The van der Waals surface area contributed by atoms with Gasteiger partial charge in [0.05, 0.1) is 0 Å². The van der Waals surface area contributed by atoms with E-state index in [0.717, 1.165) is 88.8 Å². The molecule has 296 valence electrons. The van der Waals surface area contributed by atoms with Gasteiger partial charge in [0.15, 0.2) is 0 Å². The molecule has 0 N–H and O–H groups in total. The average molecular weight is 806 g/mol. The molecule has 3 heteroatoms. The number of hydrogen-bond acceptors (Lipinski definition) is 3. The molecule has 12 rings (SSSR count). The Kier molecular flexibility index (Phi) is 8.83. The molecule has 0 radical (unpaired) electrons. The van der Waals surface area contributed by atoms with E-state index in [1.165, 1.54) is 27.8 Å². The van der Waals surface area contributed by atoms with Crippen molar-refractivity contribution in [3.63, 3.8) is 0 Å². The minimum atomic E-state index is 0.899. The lowest BCUT2D eigenvalue weighted by atomic mass is 9.93. The highest BCUT2D eigenvalue weighted by Gasteiger charge is 2.16. The lowest BCUT2D eigenvalue weighted by Gasteiger charge is -2.26. The first-order valence-corrected chi connectivity index (χ1v) is 21.4. The first-order valence-electron chi connectivity index (χ1n) is 21.4. The highest BCUT2D eigenvalue weighted by molar-refractivity contribution is 6.07. The van der Waals surface area contributed by atoms with Gasteiger partial charge in [-0.1, -0.05) is 146 Å². The van der Waals surface area contributed by atoms with E-state index < -0.39 is 0 Å². The minimum Gasteiger partial charge on any atom is -0.456 e. The van der Waals surface area contributed by atoms with E-state index in [1.54, 1.807) is 0 Å². The van der Waals surface area contributed by atoms with Crippen LogP contribution in [-0.2, 0) is 0 Å². The zero-order valence-corrected chi connectivity index (χ0v) is 34.3. The summed E-state index contributed by atoms with van der Waals surface area (Å²) in [5.74, 6) is 0. The molecule has 0 atom stereocenters. The van der Waals surface area contributed by atoms with Gasteiger partial charge < -0.3 is 13.7 Å². The second-order valence-corrected chi connectivity index (χ2v) is 16.1. The predicted molar refractivity (Wildman–Crippen MR) is 263 cm³/mol. The summed E-state index contributed by atoms with van der Waals surface area (Å²) in [7, 11) is 0. The van der Waals surface area contributed by atoms with Crippen molar-refractivity contribution in [2.75, 3.05) is 4.90 Å². The molecule has 0 aliphatic rings. The van der Waals surface area contributed by atoms with E-state index in [9.17, 15) is 0 Å². The third-order valence-electron chi connectivity index (χ3n) is 12.3. The van der Waals surface area contributed by atoms with Crippen molar-refractivity contribution in [2.45, 2.75) is 0 Å². The monoisotopic (exact) mass is 805 g/mol. The molecular weight excluding hydrogens is 767 g/mol. The smallest absolute Gasteiger partial charge is 0.135 e. The fraction of sp³-hybridized carbons (Fsp3) is 0. The van der Waals surface area contributed by atoms with Crippen molar-refractivity contribution in [2.24, 2.45) is 0 Å². The van der Waals surface area contributed by atoms with Crippen LogP contribution in [0.1, 0.15) is 0 Å². The summed E-state index contributed by atoms with van der Waals surface area (Å²) in [5.41, 5.74) is 18.5. The van der Waals surface area contributed by atoms with Crippen LogP contribution in [0.5, 0.6) is 0 Å². The molecule has 0 saturated heterocycles. The zero-order valence-electron chi connectivity index (χ0n) is 34.3. The van der Waals surface area contributed by atoms with Gasteiger partial charge in [0.2, 0.25) is 0 Å². The topological polar surface area (TPSA) is 29.5 Å². The fourth-order valence-corrected chi connectivity index (χ4v) is 9.06. The van der Waals surface area contributed by atoms with Crippen molar-refractivity contribution in [3.8, 4) is 55.6 Å². The Hall–Kier alpha value is -8.40. The molecule has 0 amide bonds. The van der Waals surface area contributed by atoms with Gasteiger partial charge in [0.1, 0.15) is 22.3 Å². The summed E-state index contributed by atoms with van der Waals surface area (Å²) in [6.45, 7) is 0. The third-order valence-corrected chi connectivity index (χ3v) is 12.3. The van der Waals surface area contributed by atoms with E-state index in [-0.39, 0.29) is 0 Å². The number of fused-ring (bicyclic) bond motifs is 6. The molecule has 12 aromatic rings. The van der Waals surface area contributed by atoms with Gasteiger partial charge >= 0.3 is 0 Å². The van der Waals surface area contributed by atoms with Crippen molar-refractivity contribution in [1.82, 2.24) is 0 Å². The second kappa shape index (κ2) is 15.3. The van der Waals surface area contributed by atoms with Crippen LogP contribution >= 0.6 is 0 Å². The van der Waals surface area contributed by atoms with Gasteiger partial charge in [-0.05, 0) is 147 Å². The van der Waals surface area contributed by atoms with E-state index in [2.05, 4.69) is 217 Å². The Morgan fingerprint density at radius 2 is 0.508 bits per heavy atom. The SMILES string of the molecule is c1ccc(-c2cc(-c3ccccc3)cc(-c3ccc(N(c4ccc(-c5ccc6oc7ccccc7c6c5)cc4)c4ccc(-c5ccc6oc7ccccc7c6c5)cc4)cc3)c2)cc1. The Morgan fingerprint density at radius 1 is 0.206 bits per heavy atom. The Labute approximate surface area is 365 Å². The molecule has 0 saturated carbocycles. The molecule has 0 spiro atoms. The van der Waals surface area contributed by atoms with Gasteiger partial charge in [-0.25, -0.2) is 0 Å². The number of anilines is 3. The number of nitrogens with zero attached hydrogens (tertiary/aromatic N) is 1. The van der Waals surface area contributed by atoms with Crippen molar-refractivity contribution in [3.05, 3.63) is 237 Å². The second-order valence-electron chi connectivity index (χ2n) is 16.1. The van der Waals surface area contributed by atoms with Crippen LogP contribution in [0.25, 0.3) is 99.5 Å². The van der Waals surface area contributed by atoms with Crippen molar-refractivity contribution < 1.29 is 8.83 Å². The molecule has 0 fully saturated rings. The molecule has 0 aliphatic carbocycles. The summed E-state index contributed by atoms with van der Waals surface area (Å²) in [5, 5.41) is 4.51. The molecule has 0 bridgehead atoms. The van der Waals surface area contributed by atoms with Crippen LogP contribution < -0.4 is 4.90 Å². The predicted octanol–water partition coefficient (Wildman–Crippen LogP) is 17.3. The largest absolute Gasteiger partial charge is 0.456 e. The van der Waals surface area contributed by atoms with E-state index >= 15 is 0 Å². The van der Waals surface area contributed by atoms with Crippen LogP contribution in [-0.4, -0.2) is 0 Å². The summed E-state index contributed by atoms with van der Waals surface area (Å²) < 4.78 is 12.3. The zero-order chi connectivity index (χ0) is 41.7. The molecule has 2 aromatic heterocycles.